The second-order valence-electron chi connectivity index (χ2n) is 4.76. The average molecular weight is 275 g/mol. The zero-order valence-corrected chi connectivity index (χ0v) is 11.3. The fourth-order valence-corrected chi connectivity index (χ4v) is 3.06. The van der Waals surface area contributed by atoms with Gasteiger partial charge < -0.3 is 4.57 Å². The van der Waals surface area contributed by atoms with Crippen LogP contribution in [0.25, 0.3) is 0 Å². The maximum Gasteiger partial charge on any atom is 0.209 e. The van der Waals surface area contributed by atoms with Crippen LogP contribution in [0.3, 0.4) is 0 Å². The van der Waals surface area contributed by atoms with Crippen molar-refractivity contribution in [3.63, 3.8) is 0 Å². The van der Waals surface area contributed by atoms with Crippen LogP contribution in [0.2, 0.25) is 0 Å². The lowest BCUT2D eigenvalue weighted by atomic mass is 10.0. The predicted octanol–water partition coefficient (Wildman–Crippen LogP) is 1.68. The van der Waals surface area contributed by atoms with Crippen molar-refractivity contribution < 1.29 is 13.2 Å². The molecule has 1 aromatic carbocycles. The van der Waals surface area contributed by atoms with Crippen molar-refractivity contribution in [2.75, 3.05) is 6.26 Å². The molecule has 19 heavy (non-hydrogen) atoms. The van der Waals surface area contributed by atoms with Gasteiger partial charge in [0.05, 0.1) is 10.6 Å². The van der Waals surface area contributed by atoms with Crippen LogP contribution >= 0.6 is 0 Å². The van der Waals surface area contributed by atoms with Gasteiger partial charge in [-0.05, 0) is 36.2 Å². The number of benzene rings is 1. The maximum absolute atomic E-state index is 12.5. The quantitative estimate of drug-likeness (QED) is 0.795. The number of fused-ring (bicyclic) bond motifs is 2. The number of hydrogen-bond donors (Lipinski definition) is 0. The Balaban J connectivity index is 2.21. The van der Waals surface area contributed by atoms with E-state index in [0.717, 1.165) is 24.8 Å². The molecular formula is C14H13NO3S. The molecular weight excluding hydrogens is 262 g/mol. The summed E-state index contributed by atoms with van der Waals surface area (Å²) in [7, 11) is -3.29. The minimum Gasteiger partial charge on any atom is -0.344 e. The van der Waals surface area contributed by atoms with Crippen molar-refractivity contribution in [1.82, 2.24) is 4.57 Å². The number of sulfone groups is 1. The number of aromatic nitrogens is 1. The minimum atomic E-state index is -3.29. The molecule has 0 aliphatic carbocycles. The lowest BCUT2D eigenvalue weighted by Gasteiger charge is -2.06. The molecule has 0 saturated heterocycles. The summed E-state index contributed by atoms with van der Waals surface area (Å²) in [5.41, 5.74) is 2.02. The Morgan fingerprint density at radius 2 is 2.00 bits per heavy atom. The van der Waals surface area contributed by atoms with E-state index in [4.69, 9.17) is 0 Å². The standard InChI is InChI=1S/C14H13NO3S/c1-19(17,18)11-5-4-10-6-8-15-7-2-3-13(15)14(16)12(10)9-11/h2-5,7,9H,6,8H2,1H3. The van der Waals surface area contributed by atoms with Gasteiger partial charge in [-0.2, -0.15) is 0 Å². The zero-order valence-electron chi connectivity index (χ0n) is 10.5. The lowest BCUT2D eigenvalue weighted by Crippen LogP contribution is -2.07. The fourth-order valence-electron chi connectivity index (χ4n) is 2.41. The zero-order chi connectivity index (χ0) is 13.6. The van der Waals surface area contributed by atoms with Crippen molar-refractivity contribution in [2.45, 2.75) is 17.9 Å². The van der Waals surface area contributed by atoms with Crippen LogP contribution in [0.4, 0.5) is 0 Å². The van der Waals surface area contributed by atoms with Gasteiger partial charge in [0.1, 0.15) is 0 Å². The van der Waals surface area contributed by atoms with Gasteiger partial charge in [0.2, 0.25) is 5.78 Å². The number of nitrogens with zero attached hydrogens (tertiary/aromatic N) is 1. The van der Waals surface area contributed by atoms with Crippen LogP contribution in [0.5, 0.6) is 0 Å². The molecule has 98 valence electrons. The van der Waals surface area contributed by atoms with Crippen molar-refractivity contribution in [3.8, 4) is 0 Å². The van der Waals surface area contributed by atoms with Crippen LogP contribution in [0, 0.1) is 0 Å². The van der Waals surface area contributed by atoms with E-state index in [2.05, 4.69) is 0 Å². The highest BCUT2D eigenvalue weighted by Crippen LogP contribution is 2.23. The molecule has 3 rings (SSSR count). The van der Waals surface area contributed by atoms with Gasteiger partial charge in [0.15, 0.2) is 9.84 Å². The summed E-state index contributed by atoms with van der Waals surface area (Å²) in [5, 5.41) is 0. The first-order valence-electron chi connectivity index (χ1n) is 5.99. The molecule has 0 atom stereocenters. The minimum absolute atomic E-state index is 0.108. The normalized spacial score (nSPS) is 14.7. The molecule has 1 aromatic heterocycles. The molecule has 2 aromatic rings. The molecule has 0 bridgehead atoms. The number of aryl methyl sites for hydroxylation is 2. The molecule has 0 amide bonds. The van der Waals surface area contributed by atoms with Crippen molar-refractivity contribution in [3.05, 3.63) is 53.3 Å². The summed E-state index contributed by atoms with van der Waals surface area (Å²) in [5.74, 6) is -0.108. The number of hydrogen-bond acceptors (Lipinski definition) is 3. The van der Waals surface area contributed by atoms with Crippen LogP contribution in [0.1, 0.15) is 21.6 Å². The summed E-state index contributed by atoms with van der Waals surface area (Å²) in [4.78, 5) is 12.6. The second kappa shape index (κ2) is 4.06. The molecule has 0 spiro atoms. The summed E-state index contributed by atoms with van der Waals surface area (Å²) in [6, 6.07) is 8.41. The Bertz CT molecular complexity index is 772. The fraction of sp³-hybridized carbons (Fsp3) is 0.214. The third kappa shape index (κ3) is 2.00. The molecule has 4 nitrogen and oxygen atoms in total. The smallest absolute Gasteiger partial charge is 0.209 e. The predicted molar refractivity (Wildman–Crippen MR) is 71.1 cm³/mol. The SMILES string of the molecule is CS(=O)(=O)c1ccc2c(c1)C(=O)c1cccn1CC2. The number of rotatable bonds is 1. The molecule has 0 fully saturated rings. The van der Waals surface area contributed by atoms with Gasteiger partial charge in [0, 0.05) is 24.6 Å². The first-order valence-corrected chi connectivity index (χ1v) is 7.89. The Hall–Kier alpha value is -1.88. The van der Waals surface area contributed by atoms with E-state index < -0.39 is 9.84 Å². The molecule has 0 unspecified atom stereocenters. The molecule has 0 saturated carbocycles. The summed E-state index contributed by atoms with van der Waals surface area (Å²) in [6.45, 7) is 0.735. The topological polar surface area (TPSA) is 56.1 Å². The highest BCUT2D eigenvalue weighted by Gasteiger charge is 2.22. The highest BCUT2D eigenvalue weighted by molar-refractivity contribution is 7.90. The summed E-state index contributed by atoms with van der Waals surface area (Å²) < 4.78 is 25.1. The van der Waals surface area contributed by atoms with E-state index in [1.165, 1.54) is 6.07 Å². The maximum atomic E-state index is 12.5. The van der Waals surface area contributed by atoms with Gasteiger partial charge in [-0.1, -0.05) is 6.07 Å². The molecule has 0 radical (unpaired) electrons. The number of carbonyl (C=O) groups excluding carboxylic acids is 1. The van der Waals surface area contributed by atoms with Gasteiger partial charge in [-0.3, -0.25) is 4.79 Å². The van der Waals surface area contributed by atoms with Gasteiger partial charge in [0.25, 0.3) is 0 Å². The number of carbonyl (C=O) groups is 1. The monoisotopic (exact) mass is 275 g/mol. The Morgan fingerprint density at radius 1 is 1.21 bits per heavy atom. The highest BCUT2D eigenvalue weighted by atomic mass is 32.2. The molecule has 0 N–H and O–H groups in total. The average Bonchev–Trinajstić information content (AvgIpc) is 2.78. The van der Waals surface area contributed by atoms with Gasteiger partial charge in [-0.25, -0.2) is 8.42 Å². The van der Waals surface area contributed by atoms with Crippen molar-refractivity contribution in [2.24, 2.45) is 0 Å². The molecule has 1 aliphatic rings. The van der Waals surface area contributed by atoms with E-state index in [9.17, 15) is 13.2 Å². The van der Waals surface area contributed by atoms with Crippen LogP contribution in [-0.2, 0) is 22.8 Å². The van der Waals surface area contributed by atoms with E-state index in [1.54, 1.807) is 18.2 Å². The summed E-state index contributed by atoms with van der Waals surface area (Å²) >= 11 is 0. The Morgan fingerprint density at radius 3 is 2.74 bits per heavy atom. The Kier molecular flexibility index (Phi) is 2.60. The van der Waals surface area contributed by atoms with E-state index in [0.29, 0.717) is 11.3 Å². The van der Waals surface area contributed by atoms with Gasteiger partial charge in [-0.15, -0.1) is 0 Å². The largest absolute Gasteiger partial charge is 0.344 e. The van der Waals surface area contributed by atoms with E-state index >= 15 is 0 Å². The Labute approximate surface area is 111 Å². The summed E-state index contributed by atoms with van der Waals surface area (Å²) in [6.07, 6.45) is 3.75. The van der Waals surface area contributed by atoms with Crippen LogP contribution < -0.4 is 0 Å². The van der Waals surface area contributed by atoms with Crippen LogP contribution in [-0.4, -0.2) is 25.0 Å². The van der Waals surface area contributed by atoms with Gasteiger partial charge >= 0.3 is 0 Å². The first kappa shape index (κ1) is 12.2. The third-order valence-electron chi connectivity index (χ3n) is 3.44. The number of ketones is 1. The van der Waals surface area contributed by atoms with E-state index in [1.807, 2.05) is 16.8 Å². The molecule has 1 aliphatic heterocycles. The van der Waals surface area contributed by atoms with Crippen molar-refractivity contribution in [1.29, 1.82) is 0 Å². The third-order valence-corrected chi connectivity index (χ3v) is 4.55. The van der Waals surface area contributed by atoms with E-state index in [-0.39, 0.29) is 10.7 Å². The van der Waals surface area contributed by atoms with Crippen molar-refractivity contribution >= 4 is 15.6 Å². The van der Waals surface area contributed by atoms with Crippen LogP contribution in [0.15, 0.2) is 41.4 Å². The lowest BCUT2D eigenvalue weighted by molar-refractivity contribution is 0.103. The first-order chi connectivity index (χ1) is 8.97. The molecule has 2 heterocycles. The molecule has 5 heteroatoms. The second-order valence-corrected chi connectivity index (χ2v) is 6.77.